The third kappa shape index (κ3) is 5.24. The van der Waals surface area contributed by atoms with E-state index in [4.69, 9.17) is 4.74 Å². The lowest BCUT2D eigenvalue weighted by Gasteiger charge is -2.36. The van der Waals surface area contributed by atoms with E-state index in [9.17, 15) is 19.5 Å². The molecule has 3 heterocycles. The number of aliphatic hydroxyl groups is 1. The number of fused-ring (bicyclic) bond motifs is 1. The summed E-state index contributed by atoms with van der Waals surface area (Å²) in [6, 6.07) is 13.7. The van der Waals surface area contributed by atoms with Gasteiger partial charge in [0.1, 0.15) is 11.8 Å². The zero-order chi connectivity index (χ0) is 30.0. The number of amides is 3. The van der Waals surface area contributed by atoms with Crippen LogP contribution < -0.4 is 20.3 Å². The lowest BCUT2D eigenvalue weighted by atomic mass is 9.70. The average Bonchev–Trinajstić information content (AvgIpc) is 3.64. The highest BCUT2D eigenvalue weighted by atomic mass is 32.2. The van der Waals surface area contributed by atoms with Gasteiger partial charge in [-0.25, -0.2) is 0 Å². The van der Waals surface area contributed by atoms with Crippen molar-refractivity contribution in [3.8, 4) is 5.75 Å². The molecule has 3 saturated heterocycles. The van der Waals surface area contributed by atoms with Gasteiger partial charge in [0.25, 0.3) is 0 Å². The summed E-state index contributed by atoms with van der Waals surface area (Å²) in [5.41, 5.74) is 2.37. The van der Waals surface area contributed by atoms with E-state index < -0.39 is 28.7 Å². The van der Waals surface area contributed by atoms with E-state index in [0.29, 0.717) is 30.8 Å². The number of nitrogens with zero attached hydrogens (tertiary/aromatic N) is 2. The van der Waals surface area contributed by atoms with Gasteiger partial charge in [-0.15, -0.1) is 11.8 Å². The van der Waals surface area contributed by atoms with Crippen LogP contribution in [0.2, 0.25) is 0 Å². The zero-order valence-electron chi connectivity index (χ0n) is 24.8. The lowest BCUT2D eigenvalue weighted by Crippen LogP contribution is -2.54. The topological polar surface area (TPSA) is 111 Å². The number of nitrogens with one attached hydrogen (secondary N) is 2. The molecule has 2 unspecified atom stereocenters. The zero-order valence-corrected chi connectivity index (χ0v) is 25.7. The molecule has 0 radical (unpaired) electrons. The Balaban J connectivity index is 1.41. The number of aliphatic hydroxyl groups excluding tert-OH is 1. The molecule has 3 aliphatic heterocycles. The van der Waals surface area contributed by atoms with Crippen LogP contribution in [0, 0.1) is 11.8 Å². The van der Waals surface area contributed by atoms with Crippen molar-refractivity contribution >= 4 is 46.5 Å². The van der Waals surface area contributed by atoms with Crippen LogP contribution in [0.15, 0.2) is 48.5 Å². The Morgan fingerprint density at radius 2 is 1.64 bits per heavy atom. The van der Waals surface area contributed by atoms with E-state index in [1.807, 2.05) is 38.1 Å². The molecule has 2 bridgehead atoms. The van der Waals surface area contributed by atoms with Crippen molar-refractivity contribution in [1.82, 2.24) is 4.90 Å². The van der Waals surface area contributed by atoms with Gasteiger partial charge >= 0.3 is 0 Å². The quantitative estimate of drug-likeness (QED) is 0.335. The smallest absolute Gasteiger partial charge is 0.248 e. The van der Waals surface area contributed by atoms with Gasteiger partial charge in [0.05, 0.1) is 35.8 Å². The third-order valence-corrected chi connectivity index (χ3v) is 11.0. The molecule has 5 rings (SSSR count). The van der Waals surface area contributed by atoms with Crippen LogP contribution in [-0.2, 0) is 14.4 Å². The summed E-state index contributed by atoms with van der Waals surface area (Å²) in [6.07, 6.45) is 1.93. The average molecular weight is 595 g/mol. The highest BCUT2D eigenvalue weighted by molar-refractivity contribution is 8.02. The molecule has 3 aliphatic rings. The van der Waals surface area contributed by atoms with Crippen molar-refractivity contribution in [2.45, 2.75) is 69.0 Å². The maximum absolute atomic E-state index is 14.2. The molecular weight excluding hydrogens is 552 g/mol. The van der Waals surface area contributed by atoms with Crippen LogP contribution >= 0.6 is 11.8 Å². The first-order valence-electron chi connectivity index (χ1n) is 15.1. The van der Waals surface area contributed by atoms with Gasteiger partial charge in [-0.05, 0) is 88.6 Å². The summed E-state index contributed by atoms with van der Waals surface area (Å²) in [7, 11) is 0. The van der Waals surface area contributed by atoms with E-state index in [1.165, 1.54) is 0 Å². The maximum Gasteiger partial charge on any atom is 0.248 e. The number of carbonyl (C=O) groups excluding carboxylic acids is 3. The fourth-order valence-corrected chi connectivity index (χ4v) is 9.29. The van der Waals surface area contributed by atoms with Crippen LogP contribution in [0.5, 0.6) is 5.75 Å². The lowest BCUT2D eigenvalue weighted by molar-refractivity contribution is -0.141. The molecule has 226 valence electrons. The number of benzene rings is 2. The highest BCUT2D eigenvalue weighted by Gasteiger charge is 2.74. The maximum atomic E-state index is 14.2. The van der Waals surface area contributed by atoms with E-state index in [-0.39, 0.29) is 29.6 Å². The highest BCUT2D eigenvalue weighted by Crippen LogP contribution is 2.66. The molecule has 42 heavy (non-hydrogen) atoms. The Hall–Kier alpha value is -3.24. The minimum absolute atomic E-state index is 0.0540. The molecule has 0 aromatic heterocycles. The number of rotatable bonds is 12. The summed E-state index contributed by atoms with van der Waals surface area (Å²) in [4.78, 5) is 45.8. The third-order valence-electron chi connectivity index (χ3n) is 9.06. The number of carbonyl (C=O) groups is 3. The van der Waals surface area contributed by atoms with Crippen molar-refractivity contribution in [3.63, 3.8) is 0 Å². The van der Waals surface area contributed by atoms with Gasteiger partial charge in [-0.2, -0.15) is 0 Å². The number of anilines is 3. The van der Waals surface area contributed by atoms with Crippen LogP contribution in [0.25, 0.3) is 0 Å². The van der Waals surface area contributed by atoms with E-state index in [0.717, 1.165) is 30.9 Å². The predicted octanol–water partition coefficient (Wildman–Crippen LogP) is 4.37. The molecule has 1 spiro atoms. The molecule has 3 fully saturated rings. The van der Waals surface area contributed by atoms with Crippen LogP contribution in [0.3, 0.4) is 0 Å². The van der Waals surface area contributed by atoms with E-state index >= 15 is 0 Å². The van der Waals surface area contributed by atoms with Gasteiger partial charge < -0.3 is 30.3 Å². The molecule has 0 saturated carbocycles. The van der Waals surface area contributed by atoms with Crippen molar-refractivity contribution in [1.29, 1.82) is 0 Å². The van der Waals surface area contributed by atoms with Gasteiger partial charge in [-0.1, -0.05) is 6.92 Å². The molecule has 2 aromatic rings. The molecule has 0 aliphatic carbocycles. The first-order chi connectivity index (χ1) is 20.3. The Morgan fingerprint density at radius 3 is 2.21 bits per heavy atom. The van der Waals surface area contributed by atoms with Crippen molar-refractivity contribution < 1.29 is 24.2 Å². The summed E-state index contributed by atoms with van der Waals surface area (Å²) in [5.74, 6) is -1.17. The fourth-order valence-electron chi connectivity index (χ4n) is 7.08. The second-order valence-corrected chi connectivity index (χ2v) is 12.8. The Labute approximate surface area is 252 Å². The summed E-state index contributed by atoms with van der Waals surface area (Å²) in [5, 5.41) is 16.3. The number of hydrogen-bond donors (Lipinski definition) is 3. The van der Waals surface area contributed by atoms with Crippen LogP contribution in [-0.4, -0.2) is 76.1 Å². The standard InChI is InChI=1S/C32H42N4O5S/c1-5-22(19-37)36-28(30(39)34-20-9-13-23(14-10-20)35(6-2)7-3)32-18-17-25(42-32)26(27(32)31(36)40)29(38)33-21-11-15-24(16-12-21)41-8-4/h9-16,22,25-28,37H,5-8,17-19H2,1-4H3,(H,33,38)(H,34,39)/t22-,25+,26-,27-,28?,32?/m0/s1. The fraction of sp³-hybridized carbons (Fsp3) is 0.531. The minimum Gasteiger partial charge on any atom is -0.494 e. The molecule has 9 nitrogen and oxygen atoms in total. The second kappa shape index (κ2) is 12.6. The predicted molar refractivity (Wildman–Crippen MR) is 167 cm³/mol. The molecule has 3 N–H and O–H groups in total. The molecule has 6 atom stereocenters. The van der Waals surface area contributed by atoms with Crippen molar-refractivity contribution in [2.24, 2.45) is 11.8 Å². The van der Waals surface area contributed by atoms with Crippen LogP contribution in [0.1, 0.15) is 47.0 Å². The molecular formula is C32H42N4O5S. The largest absolute Gasteiger partial charge is 0.494 e. The molecule has 2 aromatic carbocycles. The first-order valence-corrected chi connectivity index (χ1v) is 16.0. The van der Waals surface area contributed by atoms with Gasteiger partial charge in [0.15, 0.2) is 0 Å². The minimum atomic E-state index is -0.784. The monoisotopic (exact) mass is 594 g/mol. The van der Waals surface area contributed by atoms with Gasteiger partial charge in [0, 0.05) is 35.4 Å². The number of hydrogen-bond acceptors (Lipinski definition) is 7. The summed E-state index contributed by atoms with van der Waals surface area (Å²) < 4.78 is 4.78. The van der Waals surface area contributed by atoms with Gasteiger partial charge in [-0.3, -0.25) is 14.4 Å². The molecule has 10 heteroatoms. The van der Waals surface area contributed by atoms with Gasteiger partial charge in [0.2, 0.25) is 17.7 Å². The van der Waals surface area contributed by atoms with E-state index in [2.05, 4.69) is 29.4 Å². The number of likely N-dealkylation sites (tertiary alicyclic amines) is 1. The number of ether oxygens (including phenoxy) is 1. The Kier molecular flexibility index (Phi) is 9.03. The summed E-state index contributed by atoms with van der Waals surface area (Å²) >= 11 is 1.62. The van der Waals surface area contributed by atoms with E-state index in [1.54, 1.807) is 40.9 Å². The number of thioether (sulfide) groups is 1. The van der Waals surface area contributed by atoms with Crippen LogP contribution in [0.4, 0.5) is 17.1 Å². The van der Waals surface area contributed by atoms with Crippen molar-refractivity contribution in [2.75, 3.05) is 41.8 Å². The first kappa shape index (κ1) is 30.2. The van der Waals surface area contributed by atoms with Crippen molar-refractivity contribution in [3.05, 3.63) is 48.5 Å². The SMILES string of the molecule is CCOc1ccc(NC(=O)[C@@H]2[C@H]3C(=O)N([C@@H](CC)CO)C(C(=O)Nc4ccc(N(CC)CC)cc4)C34CC[C@H]2S4)cc1. The second-order valence-electron chi connectivity index (χ2n) is 11.2. The molecule has 3 amide bonds. The summed E-state index contributed by atoms with van der Waals surface area (Å²) in [6.45, 7) is 10.1. The Morgan fingerprint density at radius 1 is 1.02 bits per heavy atom. The Bertz CT molecular complexity index is 1280. The normalized spacial score (nSPS) is 26.6.